The minimum atomic E-state index is -0.454. The lowest BCUT2D eigenvalue weighted by Crippen LogP contribution is -2.10. The van der Waals surface area contributed by atoms with E-state index in [-0.39, 0.29) is 0 Å². The van der Waals surface area contributed by atoms with E-state index in [0.29, 0.717) is 11.5 Å². The second-order valence-corrected chi connectivity index (χ2v) is 4.42. The van der Waals surface area contributed by atoms with E-state index in [2.05, 4.69) is 21.9 Å². The van der Waals surface area contributed by atoms with E-state index in [1.54, 1.807) is 36.5 Å². The van der Waals surface area contributed by atoms with Gasteiger partial charge in [0.15, 0.2) is 0 Å². The van der Waals surface area contributed by atoms with Gasteiger partial charge in [0.05, 0.1) is 5.69 Å². The minimum absolute atomic E-state index is 0.454. The van der Waals surface area contributed by atoms with E-state index in [1.165, 1.54) is 0 Å². The maximum Gasteiger partial charge on any atom is 0.248 e. The van der Waals surface area contributed by atoms with Crippen LogP contribution in [0.4, 0.5) is 11.6 Å². The van der Waals surface area contributed by atoms with Crippen molar-refractivity contribution < 1.29 is 4.79 Å². The molecule has 0 unspecified atom stereocenters. The van der Waals surface area contributed by atoms with Gasteiger partial charge in [-0.25, -0.2) is 9.97 Å². The van der Waals surface area contributed by atoms with Crippen LogP contribution in [0.25, 0.3) is 5.57 Å². The first-order valence-electron chi connectivity index (χ1n) is 6.40. The maximum atomic E-state index is 11.0. The fourth-order valence-electron chi connectivity index (χ4n) is 1.75. The highest BCUT2D eigenvalue weighted by atomic mass is 16.1. The van der Waals surface area contributed by atoms with Crippen LogP contribution in [0.3, 0.4) is 0 Å². The predicted molar refractivity (Wildman–Crippen MR) is 84.1 cm³/mol. The Morgan fingerprint density at radius 1 is 1.29 bits per heavy atom. The van der Waals surface area contributed by atoms with Crippen molar-refractivity contribution in [2.75, 3.05) is 5.32 Å². The monoisotopic (exact) mass is 280 g/mol. The van der Waals surface area contributed by atoms with Crippen LogP contribution in [0.5, 0.6) is 0 Å². The number of rotatable bonds is 5. The molecule has 0 saturated carbocycles. The lowest BCUT2D eigenvalue weighted by molar-refractivity contribution is 0.100. The largest absolute Gasteiger partial charge is 0.366 e. The topological polar surface area (TPSA) is 80.9 Å². The molecule has 0 bridgehead atoms. The molecule has 5 heteroatoms. The number of nitrogens with two attached hydrogens (primary N) is 1. The summed E-state index contributed by atoms with van der Waals surface area (Å²) in [6, 6.07) is 8.64. The molecular weight excluding hydrogens is 264 g/mol. The molecule has 5 nitrogen and oxygen atoms in total. The summed E-state index contributed by atoms with van der Waals surface area (Å²) in [6.07, 6.45) is 5.28. The Balaban J connectivity index is 2.19. The van der Waals surface area contributed by atoms with Crippen molar-refractivity contribution in [3.63, 3.8) is 0 Å². The van der Waals surface area contributed by atoms with E-state index in [0.717, 1.165) is 17.0 Å². The zero-order valence-corrected chi connectivity index (χ0v) is 11.7. The molecule has 1 heterocycles. The predicted octanol–water partition coefficient (Wildman–Crippen LogP) is 2.91. The molecule has 0 spiro atoms. The average Bonchev–Trinajstić information content (AvgIpc) is 2.48. The molecule has 0 aliphatic rings. The molecule has 2 aromatic rings. The molecule has 0 radical (unpaired) electrons. The third-order valence-corrected chi connectivity index (χ3v) is 2.85. The van der Waals surface area contributed by atoms with E-state index in [4.69, 9.17) is 5.73 Å². The highest BCUT2D eigenvalue weighted by Gasteiger charge is 2.03. The van der Waals surface area contributed by atoms with Gasteiger partial charge in [0.25, 0.3) is 0 Å². The average molecular weight is 280 g/mol. The van der Waals surface area contributed by atoms with Gasteiger partial charge in [0.2, 0.25) is 11.9 Å². The zero-order valence-electron chi connectivity index (χ0n) is 11.7. The van der Waals surface area contributed by atoms with Crippen LogP contribution in [0.1, 0.15) is 23.0 Å². The van der Waals surface area contributed by atoms with Gasteiger partial charge >= 0.3 is 0 Å². The molecule has 3 N–H and O–H groups in total. The van der Waals surface area contributed by atoms with Gasteiger partial charge in [-0.05, 0) is 42.8 Å². The molecule has 2 rings (SSSR count). The highest BCUT2D eigenvalue weighted by Crippen LogP contribution is 2.16. The van der Waals surface area contributed by atoms with Crippen molar-refractivity contribution in [2.45, 2.75) is 6.92 Å². The lowest BCUT2D eigenvalue weighted by atomic mass is 10.2. The van der Waals surface area contributed by atoms with Crippen molar-refractivity contribution >= 4 is 23.1 Å². The van der Waals surface area contributed by atoms with Crippen molar-refractivity contribution in [1.29, 1.82) is 0 Å². The molecule has 0 fully saturated rings. The van der Waals surface area contributed by atoms with Crippen molar-refractivity contribution in [3.8, 4) is 0 Å². The van der Waals surface area contributed by atoms with Crippen LogP contribution in [0.15, 0.2) is 55.3 Å². The SMILES string of the molecule is C=C/C=C(\C)c1ccnc(Nc2ccc(C(N)=O)cc2)n1. The number of primary amides is 1. The third kappa shape index (κ3) is 3.76. The number of aromatic nitrogens is 2. The molecule has 1 amide bonds. The molecule has 0 atom stereocenters. The molecule has 0 saturated heterocycles. The van der Waals surface area contributed by atoms with E-state index in [9.17, 15) is 4.79 Å². The van der Waals surface area contributed by atoms with Gasteiger partial charge in [0, 0.05) is 17.4 Å². The summed E-state index contributed by atoms with van der Waals surface area (Å²) < 4.78 is 0. The number of anilines is 2. The Labute approximate surface area is 123 Å². The van der Waals surface area contributed by atoms with Crippen molar-refractivity contribution in [3.05, 3.63) is 66.5 Å². The Kier molecular flexibility index (Phi) is 4.46. The molecule has 1 aromatic heterocycles. The Bertz CT molecular complexity index is 690. The normalized spacial score (nSPS) is 11.0. The summed E-state index contributed by atoms with van der Waals surface area (Å²) >= 11 is 0. The lowest BCUT2D eigenvalue weighted by Gasteiger charge is -2.07. The van der Waals surface area contributed by atoms with Crippen LogP contribution < -0.4 is 11.1 Å². The first-order valence-corrected chi connectivity index (χ1v) is 6.40. The second kappa shape index (κ2) is 6.47. The fourth-order valence-corrected chi connectivity index (χ4v) is 1.75. The highest BCUT2D eigenvalue weighted by molar-refractivity contribution is 5.93. The van der Waals surface area contributed by atoms with Gasteiger partial charge in [-0.1, -0.05) is 18.7 Å². The molecule has 106 valence electrons. The van der Waals surface area contributed by atoms with Gasteiger partial charge in [-0.2, -0.15) is 0 Å². The van der Waals surface area contributed by atoms with Gasteiger partial charge in [0.1, 0.15) is 0 Å². The van der Waals surface area contributed by atoms with Crippen molar-refractivity contribution in [2.24, 2.45) is 5.73 Å². The molecule has 21 heavy (non-hydrogen) atoms. The van der Waals surface area contributed by atoms with E-state index in [1.807, 2.05) is 19.1 Å². The number of hydrogen-bond acceptors (Lipinski definition) is 4. The summed E-state index contributed by atoms with van der Waals surface area (Å²) in [6.45, 7) is 5.62. The molecular formula is C16H16N4O. The first-order chi connectivity index (χ1) is 10.1. The number of allylic oxidation sites excluding steroid dienone is 3. The van der Waals surface area contributed by atoms with Crippen LogP contribution >= 0.6 is 0 Å². The number of carbonyl (C=O) groups is 1. The van der Waals surface area contributed by atoms with Gasteiger partial charge in [-0.15, -0.1) is 0 Å². The molecule has 1 aromatic carbocycles. The van der Waals surface area contributed by atoms with E-state index >= 15 is 0 Å². The Hall–Kier alpha value is -2.95. The minimum Gasteiger partial charge on any atom is -0.366 e. The Morgan fingerprint density at radius 2 is 2.00 bits per heavy atom. The number of nitrogens with zero attached hydrogens (tertiary/aromatic N) is 2. The van der Waals surface area contributed by atoms with Crippen LogP contribution in [0, 0.1) is 0 Å². The van der Waals surface area contributed by atoms with Crippen LogP contribution in [-0.4, -0.2) is 15.9 Å². The van der Waals surface area contributed by atoms with Crippen LogP contribution in [0.2, 0.25) is 0 Å². The molecule has 0 aliphatic heterocycles. The molecule has 0 aliphatic carbocycles. The van der Waals surface area contributed by atoms with Crippen LogP contribution in [-0.2, 0) is 0 Å². The van der Waals surface area contributed by atoms with Gasteiger partial charge < -0.3 is 11.1 Å². The maximum absolute atomic E-state index is 11.0. The number of benzene rings is 1. The number of carbonyl (C=O) groups excluding carboxylic acids is 1. The summed E-state index contributed by atoms with van der Waals surface area (Å²) in [7, 11) is 0. The summed E-state index contributed by atoms with van der Waals surface area (Å²) in [5.41, 5.74) is 8.26. The quantitative estimate of drug-likeness (QED) is 0.825. The summed E-state index contributed by atoms with van der Waals surface area (Å²) in [4.78, 5) is 19.6. The smallest absolute Gasteiger partial charge is 0.248 e. The summed E-state index contributed by atoms with van der Waals surface area (Å²) in [5.74, 6) is 0.0288. The summed E-state index contributed by atoms with van der Waals surface area (Å²) in [5, 5.41) is 3.08. The van der Waals surface area contributed by atoms with Gasteiger partial charge in [-0.3, -0.25) is 4.79 Å². The standard InChI is InChI=1S/C16H16N4O/c1-3-4-11(2)14-9-10-18-16(20-14)19-13-7-5-12(6-8-13)15(17)21/h3-10H,1H2,2H3,(H2,17,21)(H,18,19,20)/b11-4+. The first kappa shape index (κ1) is 14.5. The third-order valence-electron chi connectivity index (χ3n) is 2.85. The second-order valence-electron chi connectivity index (χ2n) is 4.42. The Morgan fingerprint density at radius 3 is 2.62 bits per heavy atom. The number of hydrogen-bond donors (Lipinski definition) is 2. The van der Waals surface area contributed by atoms with E-state index < -0.39 is 5.91 Å². The number of amides is 1. The van der Waals surface area contributed by atoms with Crippen molar-refractivity contribution in [1.82, 2.24) is 9.97 Å². The zero-order chi connectivity index (χ0) is 15.2. The number of nitrogens with one attached hydrogen (secondary N) is 1. The fraction of sp³-hybridized carbons (Fsp3) is 0.0625.